The van der Waals surface area contributed by atoms with E-state index >= 15 is 0 Å². The topological polar surface area (TPSA) is 32.8 Å². The van der Waals surface area contributed by atoms with Crippen LogP contribution in [0.5, 0.6) is 0 Å². The SMILES string of the molecule is Cc1ccc(C(=CC2(C=C(c3ccc(N(C)C)cc3)c3ccc(C)c(C)c3)OC(=O)c3c(Br)c(Br)c(Br)c(Br)c32)c2ccc(N(C)C)cc2)cc1C. The van der Waals surface area contributed by atoms with Crippen LogP contribution in [0.3, 0.4) is 0 Å². The maximum Gasteiger partial charge on any atom is 0.341 e. The summed E-state index contributed by atoms with van der Waals surface area (Å²) in [6, 6.07) is 30.0. The van der Waals surface area contributed by atoms with E-state index in [1.807, 2.05) is 28.2 Å². The van der Waals surface area contributed by atoms with Gasteiger partial charge in [-0.2, -0.15) is 0 Å². The van der Waals surface area contributed by atoms with Gasteiger partial charge in [-0.3, -0.25) is 0 Å². The van der Waals surface area contributed by atoms with Crippen molar-refractivity contribution in [1.82, 2.24) is 0 Å². The lowest BCUT2D eigenvalue weighted by Gasteiger charge is -2.28. The van der Waals surface area contributed by atoms with Crippen LogP contribution in [0.4, 0.5) is 11.4 Å². The molecule has 5 aromatic carbocycles. The number of nitrogens with zero attached hydrogens (tertiary/aromatic N) is 2. The third kappa shape index (κ3) is 7.24. The molecule has 0 saturated heterocycles. The molecule has 0 amide bonds. The number of aryl methyl sites for hydroxylation is 4. The molecule has 0 radical (unpaired) electrons. The average molecular weight is 948 g/mol. The minimum Gasteiger partial charge on any atom is -0.442 e. The Kier molecular flexibility index (Phi) is 11.1. The van der Waals surface area contributed by atoms with E-state index in [-0.39, 0.29) is 0 Å². The predicted octanol–water partition coefficient (Wildman–Crippen LogP) is 12.7. The van der Waals surface area contributed by atoms with E-state index < -0.39 is 11.6 Å². The second kappa shape index (κ2) is 15.1. The largest absolute Gasteiger partial charge is 0.442 e. The molecule has 1 aliphatic heterocycles. The zero-order chi connectivity index (χ0) is 37.6. The molecule has 0 aromatic heterocycles. The first kappa shape index (κ1) is 38.3. The quantitative estimate of drug-likeness (QED) is 0.0881. The Labute approximate surface area is 341 Å². The first-order chi connectivity index (χ1) is 24.6. The average Bonchev–Trinajstić information content (AvgIpc) is 3.41. The highest BCUT2D eigenvalue weighted by Gasteiger charge is 2.48. The number of hydrogen-bond acceptors (Lipinski definition) is 4. The van der Waals surface area contributed by atoms with Crippen molar-refractivity contribution in [2.75, 3.05) is 38.0 Å². The molecule has 266 valence electrons. The molecule has 0 saturated carbocycles. The van der Waals surface area contributed by atoms with E-state index in [9.17, 15) is 4.79 Å². The molecule has 0 fully saturated rings. The Morgan fingerprint density at radius 3 is 1.31 bits per heavy atom. The molecular weight excluding hydrogens is 908 g/mol. The van der Waals surface area contributed by atoms with Crippen LogP contribution in [-0.2, 0) is 10.3 Å². The van der Waals surface area contributed by atoms with E-state index in [4.69, 9.17) is 4.74 Å². The molecule has 0 spiro atoms. The fraction of sp³-hybridized carbons (Fsp3) is 0.205. The maximum atomic E-state index is 14.3. The number of benzene rings is 5. The summed E-state index contributed by atoms with van der Waals surface area (Å²) in [5.41, 5.74) is 12.7. The molecular formula is C44H40Br4N2O2. The van der Waals surface area contributed by atoms with Crippen LogP contribution < -0.4 is 9.80 Å². The minimum atomic E-state index is -1.35. The highest BCUT2D eigenvalue weighted by molar-refractivity contribution is 9.15. The van der Waals surface area contributed by atoms with Gasteiger partial charge >= 0.3 is 5.97 Å². The standard InChI is InChI=1S/C44H40Br4N2O2/c1-25-9-11-31(21-27(25)3)35(29-13-17-33(18-14-29)49(5)6)23-44(38-37(43(51)52-44)39(45)41(47)42(48)40(38)46)24-36(32-12-10-26(2)28(4)22-32)30-15-19-34(20-16-30)50(7)8/h9-24H,1-8H3. The number of carbonyl (C=O) groups excluding carboxylic acids is 1. The van der Waals surface area contributed by atoms with Crippen LogP contribution in [0.25, 0.3) is 11.1 Å². The zero-order valence-electron chi connectivity index (χ0n) is 30.5. The number of cyclic esters (lactones) is 1. The van der Waals surface area contributed by atoms with Crippen molar-refractivity contribution in [3.63, 3.8) is 0 Å². The molecule has 1 aliphatic rings. The molecule has 0 atom stereocenters. The fourth-order valence-corrected chi connectivity index (χ4v) is 9.07. The van der Waals surface area contributed by atoms with E-state index in [2.05, 4.69) is 198 Å². The second-order valence-electron chi connectivity index (χ2n) is 13.8. The third-order valence-electron chi connectivity index (χ3n) is 9.87. The number of rotatable bonds is 8. The normalized spacial score (nSPS) is 15.8. The van der Waals surface area contributed by atoms with Gasteiger partial charge in [-0.05, 0) is 183 Å². The van der Waals surface area contributed by atoms with Crippen LogP contribution in [0.15, 0.2) is 115 Å². The Morgan fingerprint density at radius 1 is 0.538 bits per heavy atom. The predicted molar refractivity (Wildman–Crippen MR) is 232 cm³/mol. The molecule has 0 aliphatic carbocycles. The summed E-state index contributed by atoms with van der Waals surface area (Å²) in [4.78, 5) is 18.5. The first-order valence-electron chi connectivity index (χ1n) is 16.9. The zero-order valence-corrected chi connectivity index (χ0v) is 36.8. The number of esters is 1. The van der Waals surface area contributed by atoms with Gasteiger partial charge in [0.25, 0.3) is 0 Å². The highest BCUT2D eigenvalue weighted by atomic mass is 79.9. The number of ether oxygens (including phenoxy) is 1. The molecule has 8 heteroatoms. The number of hydrogen-bond donors (Lipinski definition) is 0. The van der Waals surface area contributed by atoms with Crippen molar-refractivity contribution in [3.05, 3.63) is 171 Å². The van der Waals surface area contributed by atoms with Gasteiger partial charge in [0.05, 0.1) is 5.56 Å². The third-order valence-corrected chi connectivity index (χ3v) is 14.6. The maximum absolute atomic E-state index is 14.3. The molecule has 6 rings (SSSR count). The Hall–Kier alpha value is -3.43. The monoisotopic (exact) mass is 944 g/mol. The van der Waals surface area contributed by atoms with Crippen LogP contribution in [0.2, 0.25) is 0 Å². The summed E-state index contributed by atoms with van der Waals surface area (Å²) in [5.74, 6) is -0.423. The van der Waals surface area contributed by atoms with Gasteiger partial charge in [0, 0.05) is 63.0 Å². The summed E-state index contributed by atoms with van der Waals surface area (Å²) < 4.78 is 9.60. The second-order valence-corrected chi connectivity index (χ2v) is 17.0. The van der Waals surface area contributed by atoms with Gasteiger partial charge in [-0.25, -0.2) is 4.79 Å². The van der Waals surface area contributed by atoms with Gasteiger partial charge in [0.2, 0.25) is 0 Å². The van der Waals surface area contributed by atoms with E-state index in [0.29, 0.717) is 15.6 Å². The smallest absolute Gasteiger partial charge is 0.341 e. The number of carbonyl (C=O) groups is 1. The lowest BCUT2D eigenvalue weighted by Crippen LogP contribution is -2.23. The van der Waals surface area contributed by atoms with Crippen molar-refractivity contribution in [3.8, 4) is 0 Å². The van der Waals surface area contributed by atoms with Crippen LogP contribution in [0, 0.1) is 27.7 Å². The number of halogens is 4. The molecule has 5 aromatic rings. The number of anilines is 2. The number of fused-ring (bicyclic) bond motifs is 1. The van der Waals surface area contributed by atoms with Crippen molar-refractivity contribution >= 4 is 92.2 Å². The van der Waals surface area contributed by atoms with Crippen molar-refractivity contribution < 1.29 is 9.53 Å². The van der Waals surface area contributed by atoms with Crippen LogP contribution in [0.1, 0.15) is 60.4 Å². The fourth-order valence-electron chi connectivity index (χ4n) is 6.48. The van der Waals surface area contributed by atoms with Crippen LogP contribution >= 0.6 is 63.7 Å². The Bertz CT molecular complexity index is 2150. The minimum absolute atomic E-state index is 0.423. The molecule has 1 heterocycles. The van der Waals surface area contributed by atoms with Crippen LogP contribution in [-0.4, -0.2) is 34.2 Å². The van der Waals surface area contributed by atoms with Gasteiger partial charge in [0.1, 0.15) is 0 Å². The van der Waals surface area contributed by atoms with Gasteiger partial charge < -0.3 is 14.5 Å². The lowest BCUT2D eigenvalue weighted by atomic mass is 9.82. The molecule has 0 unspecified atom stereocenters. The Balaban J connectivity index is 1.77. The summed E-state index contributed by atoms with van der Waals surface area (Å²) in [6.45, 7) is 8.50. The van der Waals surface area contributed by atoms with Gasteiger partial charge in [-0.15, -0.1) is 0 Å². The summed E-state index contributed by atoms with van der Waals surface area (Å²) in [5, 5.41) is 0. The van der Waals surface area contributed by atoms with Crippen molar-refractivity contribution in [2.45, 2.75) is 33.3 Å². The van der Waals surface area contributed by atoms with Crippen molar-refractivity contribution in [1.29, 1.82) is 0 Å². The summed E-state index contributed by atoms with van der Waals surface area (Å²) in [7, 11) is 8.15. The first-order valence-corrected chi connectivity index (χ1v) is 20.0. The highest BCUT2D eigenvalue weighted by Crippen LogP contribution is 2.54. The molecule has 4 nitrogen and oxygen atoms in total. The van der Waals surface area contributed by atoms with E-state index in [1.54, 1.807) is 0 Å². The van der Waals surface area contributed by atoms with Gasteiger partial charge in [0.15, 0.2) is 5.60 Å². The van der Waals surface area contributed by atoms with E-state index in [1.165, 1.54) is 22.3 Å². The van der Waals surface area contributed by atoms with E-state index in [0.717, 1.165) is 58.2 Å². The summed E-state index contributed by atoms with van der Waals surface area (Å²) >= 11 is 15.2. The molecule has 0 bridgehead atoms. The Morgan fingerprint density at radius 2 is 0.923 bits per heavy atom. The lowest BCUT2D eigenvalue weighted by molar-refractivity contribution is 0.0298. The molecule has 52 heavy (non-hydrogen) atoms. The van der Waals surface area contributed by atoms with Gasteiger partial charge in [-0.1, -0.05) is 60.7 Å². The van der Waals surface area contributed by atoms with Crippen molar-refractivity contribution in [2.24, 2.45) is 0 Å². The summed E-state index contributed by atoms with van der Waals surface area (Å²) in [6.07, 6.45) is 4.25. The molecule has 0 N–H and O–H groups in total.